The molecule has 0 spiro atoms. The lowest BCUT2D eigenvalue weighted by Gasteiger charge is -2.28. The molecular formula is C15H14BrNO. The van der Waals surface area contributed by atoms with Crippen LogP contribution in [0.3, 0.4) is 0 Å². The number of anilines is 1. The topological polar surface area (TPSA) is 21.3 Å². The van der Waals surface area contributed by atoms with Crippen LogP contribution in [-0.4, -0.2) is 6.61 Å². The zero-order valence-electron chi connectivity index (χ0n) is 10.1. The normalized spacial score (nSPS) is 17.6. The average Bonchev–Trinajstić information content (AvgIpc) is 2.38. The van der Waals surface area contributed by atoms with Crippen molar-refractivity contribution in [3.8, 4) is 5.75 Å². The lowest BCUT2D eigenvalue weighted by Crippen LogP contribution is -2.23. The number of aryl methyl sites for hydroxylation is 1. The smallest absolute Gasteiger partial charge is 0.142 e. The van der Waals surface area contributed by atoms with Crippen LogP contribution in [0.15, 0.2) is 46.9 Å². The van der Waals surface area contributed by atoms with Gasteiger partial charge in [-0.15, -0.1) is 0 Å². The first-order valence-electron chi connectivity index (χ1n) is 5.98. The van der Waals surface area contributed by atoms with E-state index in [1.165, 1.54) is 11.1 Å². The highest BCUT2D eigenvalue weighted by Crippen LogP contribution is 2.34. The molecule has 1 heterocycles. The molecule has 2 aromatic rings. The van der Waals surface area contributed by atoms with Crippen molar-refractivity contribution >= 4 is 21.6 Å². The SMILES string of the molecule is Cc1ccc2c(c1)NC(c1ccc(Br)cc1)CO2. The molecule has 0 aliphatic carbocycles. The fourth-order valence-corrected chi connectivity index (χ4v) is 2.42. The largest absolute Gasteiger partial charge is 0.489 e. The Kier molecular flexibility index (Phi) is 3.00. The molecule has 0 saturated carbocycles. The predicted molar refractivity (Wildman–Crippen MR) is 77.2 cm³/mol. The highest BCUT2D eigenvalue weighted by atomic mass is 79.9. The van der Waals surface area contributed by atoms with E-state index in [0.29, 0.717) is 6.61 Å². The Morgan fingerprint density at radius 3 is 2.72 bits per heavy atom. The summed E-state index contributed by atoms with van der Waals surface area (Å²) in [6.45, 7) is 2.75. The minimum atomic E-state index is 0.215. The first kappa shape index (κ1) is 11.6. The highest BCUT2D eigenvalue weighted by molar-refractivity contribution is 9.10. The second-order valence-corrected chi connectivity index (χ2v) is 5.47. The van der Waals surface area contributed by atoms with Crippen molar-refractivity contribution in [2.45, 2.75) is 13.0 Å². The van der Waals surface area contributed by atoms with Gasteiger partial charge in [-0.3, -0.25) is 0 Å². The van der Waals surface area contributed by atoms with Crippen LogP contribution in [0.5, 0.6) is 5.75 Å². The van der Waals surface area contributed by atoms with Crippen molar-refractivity contribution in [1.29, 1.82) is 0 Å². The van der Waals surface area contributed by atoms with Gasteiger partial charge in [-0.1, -0.05) is 34.1 Å². The van der Waals surface area contributed by atoms with E-state index < -0.39 is 0 Å². The van der Waals surface area contributed by atoms with Crippen LogP contribution >= 0.6 is 15.9 Å². The third-order valence-corrected chi connectivity index (χ3v) is 3.67. The van der Waals surface area contributed by atoms with Crippen molar-refractivity contribution in [1.82, 2.24) is 0 Å². The summed E-state index contributed by atoms with van der Waals surface area (Å²) in [7, 11) is 0. The Morgan fingerprint density at radius 2 is 1.94 bits per heavy atom. The molecule has 18 heavy (non-hydrogen) atoms. The molecule has 0 bridgehead atoms. The molecule has 0 amide bonds. The van der Waals surface area contributed by atoms with Crippen LogP contribution in [0.4, 0.5) is 5.69 Å². The highest BCUT2D eigenvalue weighted by Gasteiger charge is 2.20. The van der Waals surface area contributed by atoms with E-state index in [1.807, 2.05) is 6.07 Å². The third-order valence-electron chi connectivity index (χ3n) is 3.14. The number of ether oxygens (including phenoxy) is 1. The van der Waals surface area contributed by atoms with Gasteiger partial charge in [-0.05, 0) is 42.3 Å². The average molecular weight is 304 g/mol. The van der Waals surface area contributed by atoms with E-state index in [4.69, 9.17) is 4.74 Å². The van der Waals surface area contributed by atoms with E-state index in [2.05, 4.69) is 64.6 Å². The van der Waals surface area contributed by atoms with Gasteiger partial charge < -0.3 is 10.1 Å². The molecular weight excluding hydrogens is 290 g/mol. The molecule has 92 valence electrons. The number of hydrogen-bond acceptors (Lipinski definition) is 2. The van der Waals surface area contributed by atoms with Crippen LogP contribution in [0.1, 0.15) is 17.2 Å². The summed E-state index contributed by atoms with van der Waals surface area (Å²) >= 11 is 3.45. The van der Waals surface area contributed by atoms with Crippen molar-refractivity contribution < 1.29 is 4.74 Å². The standard InChI is InChI=1S/C15H14BrNO/c1-10-2-7-15-13(8-10)17-14(9-18-15)11-3-5-12(16)6-4-11/h2-8,14,17H,9H2,1H3. The Morgan fingerprint density at radius 1 is 1.17 bits per heavy atom. The van der Waals surface area contributed by atoms with Crippen LogP contribution < -0.4 is 10.1 Å². The van der Waals surface area contributed by atoms with Crippen molar-refractivity contribution in [3.05, 3.63) is 58.1 Å². The monoisotopic (exact) mass is 303 g/mol. The van der Waals surface area contributed by atoms with Crippen LogP contribution in [0, 0.1) is 6.92 Å². The van der Waals surface area contributed by atoms with Gasteiger partial charge in [0, 0.05) is 4.47 Å². The minimum Gasteiger partial charge on any atom is -0.489 e. The van der Waals surface area contributed by atoms with Crippen molar-refractivity contribution in [2.75, 3.05) is 11.9 Å². The quantitative estimate of drug-likeness (QED) is 0.848. The summed E-state index contributed by atoms with van der Waals surface area (Å²) in [6, 6.07) is 14.8. The molecule has 0 saturated heterocycles. The van der Waals surface area contributed by atoms with Crippen molar-refractivity contribution in [2.24, 2.45) is 0 Å². The Bertz CT molecular complexity index is 565. The second kappa shape index (κ2) is 4.65. The number of rotatable bonds is 1. The van der Waals surface area contributed by atoms with Crippen LogP contribution in [0.25, 0.3) is 0 Å². The lowest BCUT2D eigenvalue weighted by molar-refractivity contribution is 0.286. The maximum absolute atomic E-state index is 5.80. The van der Waals surface area contributed by atoms with Gasteiger partial charge in [-0.25, -0.2) is 0 Å². The van der Waals surface area contributed by atoms with Gasteiger partial charge in [-0.2, -0.15) is 0 Å². The first-order chi connectivity index (χ1) is 8.72. The van der Waals surface area contributed by atoms with Gasteiger partial charge in [0.25, 0.3) is 0 Å². The maximum atomic E-state index is 5.80. The fourth-order valence-electron chi connectivity index (χ4n) is 2.16. The molecule has 1 N–H and O–H groups in total. The molecule has 0 fully saturated rings. The van der Waals surface area contributed by atoms with Crippen LogP contribution in [0.2, 0.25) is 0 Å². The van der Waals surface area contributed by atoms with E-state index in [1.54, 1.807) is 0 Å². The molecule has 0 radical (unpaired) electrons. The van der Waals surface area contributed by atoms with Gasteiger partial charge in [0.1, 0.15) is 12.4 Å². The van der Waals surface area contributed by atoms with E-state index >= 15 is 0 Å². The second-order valence-electron chi connectivity index (χ2n) is 4.56. The Hall–Kier alpha value is -1.48. The first-order valence-corrected chi connectivity index (χ1v) is 6.77. The summed E-state index contributed by atoms with van der Waals surface area (Å²) < 4.78 is 6.90. The summed E-state index contributed by atoms with van der Waals surface area (Å²) in [5.74, 6) is 0.939. The maximum Gasteiger partial charge on any atom is 0.142 e. The Labute approximate surface area is 115 Å². The van der Waals surface area contributed by atoms with Gasteiger partial charge >= 0.3 is 0 Å². The summed E-state index contributed by atoms with van der Waals surface area (Å²) in [5, 5.41) is 3.53. The number of halogens is 1. The predicted octanol–water partition coefficient (Wildman–Crippen LogP) is 4.30. The lowest BCUT2D eigenvalue weighted by atomic mass is 10.1. The molecule has 2 aromatic carbocycles. The Balaban J connectivity index is 1.88. The van der Waals surface area contributed by atoms with Crippen molar-refractivity contribution in [3.63, 3.8) is 0 Å². The molecule has 3 heteroatoms. The summed E-state index contributed by atoms with van der Waals surface area (Å²) in [6.07, 6.45) is 0. The molecule has 3 rings (SSSR count). The molecule has 2 nitrogen and oxygen atoms in total. The minimum absolute atomic E-state index is 0.215. The zero-order chi connectivity index (χ0) is 12.5. The van der Waals surface area contributed by atoms with E-state index in [-0.39, 0.29) is 6.04 Å². The molecule has 1 aliphatic rings. The molecule has 1 atom stereocenters. The van der Waals surface area contributed by atoms with Gasteiger partial charge in [0.2, 0.25) is 0 Å². The summed E-state index contributed by atoms with van der Waals surface area (Å²) in [5.41, 5.74) is 3.56. The third kappa shape index (κ3) is 2.23. The molecule has 0 aromatic heterocycles. The number of benzene rings is 2. The summed E-state index contributed by atoms with van der Waals surface area (Å²) in [4.78, 5) is 0. The molecule has 1 unspecified atom stereocenters. The number of nitrogens with one attached hydrogen (secondary N) is 1. The van der Waals surface area contributed by atoms with E-state index in [0.717, 1.165) is 15.9 Å². The fraction of sp³-hybridized carbons (Fsp3) is 0.200. The van der Waals surface area contributed by atoms with E-state index in [9.17, 15) is 0 Å². The number of hydrogen-bond donors (Lipinski definition) is 1. The van der Waals surface area contributed by atoms with Gasteiger partial charge in [0.05, 0.1) is 11.7 Å². The van der Waals surface area contributed by atoms with Gasteiger partial charge in [0.15, 0.2) is 0 Å². The molecule has 1 aliphatic heterocycles. The van der Waals surface area contributed by atoms with Crippen LogP contribution in [-0.2, 0) is 0 Å². The zero-order valence-corrected chi connectivity index (χ0v) is 11.7. The number of fused-ring (bicyclic) bond motifs is 1.